The van der Waals surface area contributed by atoms with Crippen molar-refractivity contribution in [1.82, 2.24) is 14.9 Å². The Morgan fingerprint density at radius 1 is 1.19 bits per heavy atom. The van der Waals surface area contributed by atoms with Crippen LogP contribution in [0.5, 0.6) is 0 Å². The van der Waals surface area contributed by atoms with Gasteiger partial charge in [-0.25, -0.2) is 0 Å². The summed E-state index contributed by atoms with van der Waals surface area (Å²) >= 11 is 0. The molecule has 142 valence electrons. The van der Waals surface area contributed by atoms with Crippen LogP contribution in [-0.2, 0) is 32.1 Å². The molecule has 6 heteroatoms. The van der Waals surface area contributed by atoms with Crippen molar-refractivity contribution < 1.29 is 13.2 Å². The van der Waals surface area contributed by atoms with E-state index in [-0.39, 0.29) is 5.56 Å². The van der Waals surface area contributed by atoms with Crippen molar-refractivity contribution in [2.75, 3.05) is 6.54 Å². The predicted octanol–water partition coefficient (Wildman–Crippen LogP) is 4.56. The van der Waals surface area contributed by atoms with Crippen LogP contribution in [0.3, 0.4) is 0 Å². The maximum Gasteiger partial charge on any atom is 0.416 e. The van der Waals surface area contributed by atoms with E-state index >= 15 is 0 Å². The van der Waals surface area contributed by atoms with E-state index in [2.05, 4.69) is 40.0 Å². The number of aryl methyl sites for hydroxylation is 4. The second-order valence-electron chi connectivity index (χ2n) is 7.25. The molecule has 27 heavy (non-hydrogen) atoms. The van der Waals surface area contributed by atoms with Crippen molar-refractivity contribution in [3.05, 3.63) is 64.1 Å². The second kappa shape index (κ2) is 6.68. The van der Waals surface area contributed by atoms with Crippen LogP contribution in [0.25, 0.3) is 10.9 Å². The summed E-state index contributed by atoms with van der Waals surface area (Å²) in [7, 11) is 0. The first-order valence-corrected chi connectivity index (χ1v) is 9.18. The zero-order chi connectivity index (χ0) is 19.2. The molecule has 0 fully saturated rings. The number of benzene rings is 1. The minimum absolute atomic E-state index is 0.254. The molecule has 0 saturated heterocycles. The van der Waals surface area contributed by atoms with E-state index < -0.39 is 11.7 Å². The normalized spacial score (nSPS) is 14.6. The van der Waals surface area contributed by atoms with Crippen LogP contribution >= 0.6 is 0 Å². The molecule has 3 aromatic rings. The SMILES string of the molecule is Cc1ccc2c(c1)c1c(n2CCc2cnc(C)cc2C(F)(F)F)CCNC1. The number of hydrogen-bond donors (Lipinski definition) is 1. The van der Waals surface area contributed by atoms with Crippen molar-refractivity contribution in [3.8, 4) is 0 Å². The zero-order valence-electron chi connectivity index (χ0n) is 15.5. The molecular formula is C21H22F3N3. The van der Waals surface area contributed by atoms with Gasteiger partial charge in [-0.1, -0.05) is 11.6 Å². The zero-order valence-corrected chi connectivity index (χ0v) is 15.5. The first-order valence-electron chi connectivity index (χ1n) is 9.18. The number of pyridine rings is 1. The molecule has 0 unspecified atom stereocenters. The minimum atomic E-state index is -4.36. The smallest absolute Gasteiger partial charge is 0.344 e. The Morgan fingerprint density at radius 3 is 2.78 bits per heavy atom. The number of nitrogens with one attached hydrogen (secondary N) is 1. The van der Waals surface area contributed by atoms with Gasteiger partial charge in [-0.3, -0.25) is 4.98 Å². The van der Waals surface area contributed by atoms with E-state index in [1.165, 1.54) is 28.4 Å². The lowest BCUT2D eigenvalue weighted by Gasteiger charge is -2.18. The molecule has 1 aliphatic rings. The Bertz CT molecular complexity index is 1000. The summed E-state index contributed by atoms with van der Waals surface area (Å²) in [5.74, 6) is 0. The summed E-state index contributed by atoms with van der Waals surface area (Å²) in [5, 5.41) is 4.61. The van der Waals surface area contributed by atoms with E-state index in [4.69, 9.17) is 0 Å². The Labute approximate surface area is 156 Å². The van der Waals surface area contributed by atoms with Gasteiger partial charge in [0.1, 0.15) is 0 Å². The molecule has 0 amide bonds. The number of fused-ring (bicyclic) bond motifs is 3. The summed E-state index contributed by atoms with van der Waals surface area (Å²) in [5.41, 5.74) is 4.87. The standard InChI is InChI=1S/C21H22F3N3/c1-13-3-4-19-16(9-13)17-12-25-7-5-20(17)27(19)8-6-15-11-26-14(2)10-18(15)21(22,23)24/h3-4,9-11,25H,5-8,12H2,1-2H3. The van der Waals surface area contributed by atoms with Crippen molar-refractivity contribution >= 4 is 10.9 Å². The summed E-state index contributed by atoms with van der Waals surface area (Å²) in [6.45, 7) is 5.87. The largest absolute Gasteiger partial charge is 0.416 e. The van der Waals surface area contributed by atoms with Crippen LogP contribution < -0.4 is 5.32 Å². The van der Waals surface area contributed by atoms with E-state index in [0.717, 1.165) is 31.1 Å². The topological polar surface area (TPSA) is 29.9 Å². The number of rotatable bonds is 3. The first-order chi connectivity index (χ1) is 12.8. The molecule has 1 N–H and O–H groups in total. The summed E-state index contributed by atoms with van der Waals surface area (Å²) in [6.07, 6.45) is -1.79. The van der Waals surface area contributed by atoms with Gasteiger partial charge in [0.05, 0.1) is 5.56 Å². The van der Waals surface area contributed by atoms with E-state index in [1.807, 2.05) is 0 Å². The second-order valence-corrected chi connectivity index (χ2v) is 7.25. The molecule has 3 heterocycles. The maximum absolute atomic E-state index is 13.4. The predicted molar refractivity (Wildman–Crippen MR) is 99.8 cm³/mol. The molecule has 4 rings (SSSR count). The third-order valence-electron chi connectivity index (χ3n) is 5.32. The quantitative estimate of drug-likeness (QED) is 0.729. The lowest BCUT2D eigenvalue weighted by atomic mass is 10.0. The highest BCUT2D eigenvalue weighted by Gasteiger charge is 2.33. The van der Waals surface area contributed by atoms with Crippen molar-refractivity contribution in [2.45, 2.75) is 46.0 Å². The number of halogens is 3. The number of aromatic nitrogens is 2. The van der Waals surface area contributed by atoms with Crippen LogP contribution in [0.2, 0.25) is 0 Å². The van der Waals surface area contributed by atoms with Gasteiger partial charge in [-0.15, -0.1) is 0 Å². The number of alkyl halides is 3. The Morgan fingerprint density at radius 2 is 2.00 bits per heavy atom. The fraction of sp³-hybridized carbons (Fsp3) is 0.381. The van der Waals surface area contributed by atoms with Crippen molar-refractivity contribution in [3.63, 3.8) is 0 Å². The first kappa shape index (κ1) is 18.0. The van der Waals surface area contributed by atoms with Gasteiger partial charge in [0.2, 0.25) is 0 Å². The van der Waals surface area contributed by atoms with Crippen LogP contribution in [0.1, 0.15) is 33.6 Å². The molecule has 1 aromatic carbocycles. The average Bonchev–Trinajstić information content (AvgIpc) is 2.93. The van der Waals surface area contributed by atoms with Crippen LogP contribution in [0.15, 0.2) is 30.5 Å². The summed E-state index contributed by atoms with van der Waals surface area (Å²) in [4.78, 5) is 4.10. The van der Waals surface area contributed by atoms with E-state index in [0.29, 0.717) is 18.7 Å². The van der Waals surface area contributed by atoms with E-state index in [9.17, 15) is 13.2 Å². The van der Waals surface area contributed by atoms with Gasteiger partial charge in [-0.2, -0.15) is 13.2 Å². The van der Waals surface area contributed by atoms with Crippen LogP contribution in [0, 0.1) is 13.8 Å². The molecule has 0 radical (unpaired) electrons. The molecule has 0 spiro atoms. The van der Waals surface area contributed by atoms with E-state index in [1.54, 1.807) is 6.92 Å². The maximum atomic E-state index is 13.4. The molecule has 1 aliphatic heterocycles. The van der Waals surface area contributed by atoms with Gasteiger partial charge >= 0.3 is 6.18 Å². The molecule has 3 nitrogen and oxygen atoms in total. The lowest BCUT2D eigenvalue weighted by molar-refractivity contribution is -0.138. The molecular weight excluding hydrogens is 351 g/mol. The summed E-state index contributed by atoms with van der Waals surface area (Å²) < 4.78 is 42.5. The fourth-order valence-corrected chi connectivity index (χ4v) is 4.03. The third-order valence-corrected chi connectivity index (χ3v) is 5.32. The molecule has 0 aliphatic carbocycles. The highest BCUT2D eigenvalue weighted by molar-refractivity contribution is 5.86. The Kier molecular flexibility index (Phi) is 4.46. The van der Waals surface area contributed by atoms with Gasteiger partial charge in [0, 0.05) is 54.5 Å². The van der Waals surface area contributed by atoms with Crippen LogP contribution in [-0.4, -0.2) is 16.1 Å². The monoisotopic (exact) mass is 373 g/mol. The highest BCUT2D eigenvalue weighted by Crippen LogP contribution is 2.34. The average molecular weight is 373 g/mol. The lowest BCUT2D eigenvalue weighted by Crippen LogP contribution is -2.25. The van der Waals surface area contributed by atoms with Crippen molar-refractivity contribution in [1.29, 1.82) is 0 Å². The molecule has 0 bridgehead atoms. The number of nitrogens with zero attached hydrogens (tertiary/aromatic N) is 2. The minimum Gasteiger partial charge on any atom is -0.344 e. The Balaban J connectivity index is 1.74. The van der Waals surface area contributed by atoms with Crippen molar-refractivity contribution in [2.24, 2.45) is 0 Å². The van der Waals surface area contributed by atoms with Gasteiger partial charge in [-0.05, 0) is 49.6 Å². The van der Waals surface area contributed by atoms with Gasteiger partial charge in [0.25, 0.3) is 0 Å². The summed E-state index contributed by atoms with van der Waals surface area (Å²) in [6, 6.07) is 7.46. The molecule has 0 atom stereocenters. The highest BCUT2D eigenvalue weighted by atomic mass is 19.4. The molecule has 0 saturated carbocycles. The van der Waals surface area contributed by atoms with Gasteiger partial charge < -0.3 is 9.88 Å². The third kappa shape index (κ3) is 3.34. The fourth-order valence-electron chi connectivity index (χ4n) is 4.03. The van der Waals surface area contributed by atoms with Crippen LogP contribution in [0.4, 0.5) is 13.2 Å². The Hall–Kier alpha value is -2.34. The number of hydrogen-bond acceptors (Lipinski definition) is 2. The van der Waals surface area contributed by atoms with Gasteiger partial charge in [0.15, 0.2) is 0 Å². The molecule has 2 aromatic heterocycles.